The number of likely N-dealkylation sites (tertiary alicyclic amines) is 2. The van der Waals surface area contributed by atoms with Crippen LogP contribution in [0.4, 0.5) is 4.39 Å². The van der Waals surface area contributed by atoms with E-state index in [0.29, 0.717) is 36.0 Å². The number of rotatable bonds is 5. The Balaban J connectivity index is 1.11. The number of carbonyl (C=O) groups is 1. The van der Waals surface area contributed by atoms with Gasteiger partial charge in [0.1, 0.15) is 12.6 Å². The Morgan fingerprint density at radius 3 is 2.42 bits per heavy atom. The molecule has 2 aliphatic rings. The smallest absolute Gasteiger partial charge is 0.420 e. The van der Waals surface area contributed by atoms with E-state index in [-0.39, 0.29) is 24.4 Å². The minimum atomic E-state index is -0.500. The highest BCUT2D eigenvalue weighted by molar-refractivity contribution is 5.79. The lowest BCUT2D eigenvalue weighted by Crippen LogP contribution is -2.50. The van der Waals surface area contributed by atoms with Crippen molar-refractivity contribution in [2.24, 2.45) is 0 Å². The molecule has 5 rings (SSSR count). The fourth-order valence-corrected chi connectivity index (χ4v) is 4.96. The van der Waals surface area contributed by atoms with Crippen molar-refractivity contribution >= 4 is 17.0 Å². The van der Waals surface area contributed by atoms with Gasteiger partial charge in [0.25, 0.3) is 0 Å². The van der Waals surface area contributed by atoms with Crippen LogP contribution in [0.15, 0.2) is 57.7 Å². The van der Waals surface area contributed by atoms with Gasteiger partial charge >= 0.3 is 5.76 Å². The molecule has 0 saturated carbocycles. The first kappa shape index (κ1) is 21.7. The Bertz CT molecular complexity index is 1170. The van der Waals surface area contributed by atoms with Crippen LogP contribution in [0, 0.1) is 5.82 Å². The summed E-state index contributed by atoms with van der Waals surface area (Å²) in [7, 11) is 0. The van der Waals surface area contributed by atoms with Crippen molar-refractivity contribution in [2.75, 3.05) is 26.2 Å². The number of amides is 1. The minimum absolute atomic E-state index is 0.000702. The SMILES string of the molecule is O=C(Cn1c(=O)oc2ccccc21)N1CCC(N2CCC(Oc3ccccc3F)CC2)CC1. The maximum atomic E-state index is 13.8. The van der Waals surface area contributed by atoms with E-state index in [2.05, 4.69) is 4.90 Å². The van der Waals surface area contributed by atoms with Crippen LogP contribution >= 0.6 is 0 Å². The van der Waals surface area contributed by atoms with Crippen LogP contribution in [0.2, 0.25) is 0 Å². The summed E-state index contributed by atoms with van der Waals surface area (Å²) in [5, 5.41) is 0. The standard InChI is InChI=1S/C25H28FN3O4/c26-20-5-1-3-7-22(20)32-19-11-15-27(16-12-19)18-9-13-28(14-10-18)24(30)17-29-21-6-2-4-8-23(21)33-25(29)31/h1-8,18-19H,9-17H2. The fraction of sp³-hybridized carbons (Fsp3) is 0.440. The molecule has 7 nitrogen and oxygen atoms in total. The number of fused-ring (bicyclic) bond motifs is 1. The summed E-state index contributed by atoms with van der Waals surface area (Å²) in [6.45, 7) is 3.18. The number of nitrogens with zero attached hydrogens (tertiary/aromatic N) is 3. The molecule has 174 valence electrons. The second kappa shape index (κ2) is 9.39. The summed E-state index contributed by atoms with van der Waals surface area (Å²) in [5.74, 6) is -0.547. The molecule has 0 N–H and O–H groups in total. The molecule has 33 heavy (non-hydrogen) atoms. The Morgan fingerprint density at radius 2 is 1.67 bits per heavy atom. The maximum Gasteiger partial charge on any atom is 0.420 e. The topological polar surface area (TPSA) is 67.9 Å². The van der Waals surface area contributed by atoms with E-state index >= 15 is 0 Å². The van der Waals surface area contributed by atoms with Crippen LogP contribution < -0.4 is 10.5 Å². The van der Waals surface area contributed by atoms with Gasteiger partial charge in [0, 0.05) is 32.2 Å². The molecule has 2 fully saturated rings. The van der Waals surface area contributed by atoms with Crippen molar-refractivity contribution in [1.82, 2.24) is 14.4 Å². The highest BCUT2D eigenvalue weighted by atomic mass is 19.1. The van der Waals surface area contributed by atoms with E-state index < -0.39 is 5.76 Å². The van der Waals surface area contributed by atoms with Gasteiger partial charge in [-0.25, -0.2) is 9.18 Å². The normalized spacial score (nSPS) is 18.6. The molecule has 2 aromatic carbocycles. The molecule has 0 bridgehead atoms. The van der Waals surface area contributed by atoms with Crippen LogP contribution in [-0.4, -0.2) is 58.6 Å². The molecule has 3 heterocycles. The molecule has 0 unspecified atom stereocenters. The predicted molar refractivity (Wildman–Crippen MR) is 122 cm³/mol. The van der Waals surface area contributed by atoms with E-state index in [0.717, 1.165) is 38.8 Å². The molecule has 1 amide bonds. The van der Waals surface area contributed by atoms with Crippen LogP contribution in [0.25, 0.3) is 11.1 Å². The number of benzene rings is 2. The maximum absolute atomic E-state index is 13.8. The zero-order chi connectivity index (χ0) is 22.8. The number of para-hydroxylation sites is 3. The number of carbonyl (C=O) groups excluding carboxylic acids is 1. The molecule has 2 saturated heterocycles. The second-order valence-corrected chi connectivity index (χ2v) is 8.82. The summed E-state index contributed by atoms with van der Waals surface area (Å²) < 4.78 is 26.4. The Labute approximate surface area is 191 Å². The number of halogens is 1. The van der Waals surface area contributed by atoms with Gasteiger partial charge < -0.3 is 14.1 Å². The van der Waals surface area contributed by atoms with Gasteiger partial charge in [-0.05, 0) is 49.9 Å². The molecule has 0 aliphatic carbocycles. The molecule has 0 spiro atoms. The quantitative estimate of drug-likeness (QED) is 0.593. The molecule has 8 heteroatoms. The van der Waals surface area contributed by atoms with Crippen LogP contribution in [0.1, 0.15) is 25.7 Å². The van der Waals surface area contributed by atoms with Crippen LogP contribution in [-0.2, 0) is 11.3 Å². The highest BCUT2D eigenvalue weighted by Gasteiger charge is 2.30. The molecule has 3 aromatic rings. The summed E-state index contributed by atoms with van der Waals surface area (Å²) in [6, 6.07) is 14.1. The van der Waals surface area contributed by atoms with E-state index in [1.807, 2.05) is 11.0 Å². The predicted octanol–water partition coefficient (Wildman–Crippen LogP) is 3.27. The average molecular weight is 454 g/mol. The lowest BCUT2D eigenvalue weighted by Gasteiger charge is -2.41. The lowest BCUT2D eigenvalue weighted by molar-refractivity contribution is -0.133. The number of hydrogen-bond donors (Lipinski definition) is 0. The van der Waals surface area contributed by atoms with Gasteiger partial charge in [-0.1, -0.05) is 24.3 Å². The number of piperidine rings is 2. The average Bonchev–Trinajstić information content (AvgIpc) is 3.16. The Hall–Kier alpha value is -3.13. The van der Waals surface area contributed by atoms with E-state index in [9.17, 15) is 14.0 Å². The van der Waals surface area contributed by atoms with Crippen molar-refractivity contribution < 1.29 is 18.3 Å². The van der Waals surface area contributed by atoms with Gasteiger partial charge in [0.05, 0.1) is 5.52 Å². The minimum Gasteiger partial charge on any atom is -0.487 e. The molecule has 0 radical (unpaired) electrons. The monoisotopic (exact) mass is 453 g/mol. The summed E-state index contributed by atoms with van der Waals surface area (Å²) in [4.78, 5) is 29.3. The van der Waals surface area contributed by atoms with Gasteiger partial charge in [-0.3, -0.25) is 14.3 Å². The molecule has 0 atom stereocenters. The first-order valence-corrected chi connectivity index (χ1v) is 11.6. The van der Waals surface area contributed by atoms with Crippen molar-refractivity contribution in [3.63, 3.8) is 0 Å². The summed E-state index contributed by atoms with van der Waals surface area (Å²) in [6.07, 6.45) is 3.58. The first-order chi connectivity index (χ1) is 16.1. The van der Waals surface area contributed by atoms with Crippen molar-refractivity contribution in [3.05, 3.63) is 64.9 Å². The van der Waals surface area contributed by atoms with Gasteiger partial charge in [-0.15, -0.1) is 0 Å². The third-order valence-corrected chi connectivity index (χ3v) is 6.81. The number of ether oxygens (including phenoxy) is 1. The number of oxazole rings is 1. The third-order valence-electron chi connectivity index (χ3n) is 6.81. The van der Waals surface area contributed by atoms with Gasteiger partial charge in [0.15, 0.2) is 17.1 Å². The number of aromatic nitrogens is 1. The second-order valence-electron chi connectivity index (χ2n) is 8.82. The summed E-state index contributed by atoms with van der Waals surface area (Å²) in [5.41, 5.74) is 1.14. The Kier molecular flexibility index (Phi) is 6.17. The van der Waals surface area contributed by atoms with Crippen molar-refractivity contribution in [1.29, 1.82) is 0 Å². The molecular formula is C25H28FN3O4. The van der Waals surface area contributed by atoms with E-state index in [4.69, 9.17) is 9.15 Å². The molecule has 2 aliphatic heterocycles. The molecule has 1 aromatic heterocycles. The van der Waals surface area contributed by atoms with Crippen LogP contribution in [0.5, 0.6) is 5.75 Å². The van der Waals surface area contributed by atoms with E-state index in [1.54, 1.807) is 36.4 Å². The van der Waals surface area contributed by atoms with Gasteiger partial charge in [0.2, 0.25) is 5.91 Å². The largest absolute Gasteiger partial charge is 0.487 e. The lowest BCUT2D eigenvalue weighted by atomic mass is 9.98. The molecular weight excluding hydrogens is 425 g/mol. The summed E-state index contributed by atoms with van der Waals surface area (Å²) >= 11 is 0. The zero-order valence-electron chi connectivity index (χ0n) is 18.5. The van der Waals surface area contributed by atoms with Crippen molar-refractivity contribution in [3.8, 4) is 5.75 Å². The zero-order valence-corrected chi connectivity index (χ0v) is 18.5. The Morgan fingerprint density at radius 1 is 0.970 bits per heavy atom. The highest BCUT2D eigenvalue weighted by Crippen LogP contribution is 2.25. The fourth-order valence-electron chi connectivity index (χ4n) is 4.96. The third kappa shape index (κ3) is 4.66. The van der Waals surface area contributed by atoms with Crippen LogP contribution in [0.3, 0.4) is 0 Å². The van der Waals surface area contributed by atoms with Crippen molar-refractivity contribution in [2.45, 2.75) is 44.4 Å². The van der Waals surface area contributed by atoms with E-state index in [1.165, 1.54) is 10.6 Å². The first-order valence-electron chi connectivity index (χ1n) is 11.6. The number of hydrogen-bond acceptors (Lipinski definition) is 5. The van der Waals surface area contributed by atoms with Gasteiger partial charge in [-0.2, -0.15) is 0 Å².